The van der Waals surface area contributed by atoms with Crippen LogP contribution in [0.1, 0.15) is 57.5 Å². The van der Waals surface area contributed by atoms with Crippen molar-refractivity contribution in [3.05, 3.63) is 52.6 Å². The zero-order valence-electron chi connectivity index (χ0n) is 17.5. The fourth-order valence-electron chi connectivity index (χ4n) is 4.45. The predicted octanol–water partition coefficient (Wildman–Crippen LogP) is 0.485. The zero-order chi connectivity index (χ0) is 23.4. The molecule has 12 heteroatoms. The van der Waals surface area contributed by atoms with Crippen LogP contribution >= 0.6 is 0 Å². The standard InChI is InChI=1S/C21H19F3N2O5S.Na/c22-21(23,24)10-4-3-5-11(8-10)26-14-9-15(32(29,30)31)18(25)17-16(14)19(27)12-6-1-2-7-13(12)20(17)28;/h1-2,6-7,9-11,26H,3-5,8,25H2,(H,29,30,31);/q;+1/p-1. The molecule has 2 aromatic rings. The van der Waals surface area contributed by atoms with Gasteiger partial charge in [0.2, 0.25) is 0 Å². The van der Waals surface area contributed by atoms with Crippen LogP contribution in [0.4, 0.5) is 24.5 Å². The molecule has 1 saturated carbocycles. The normalized spacial score (nSPS) is 20.5. The van der Waals surface area contributed by atoms with Gasteiger partial charge >= 0.3 is 35.7 Å². The number of nitrogens with one attached hydrogen (secondary N) is 1. The number of benzene rings is 2. The second kappa shape index (κ2) is 9.03. The Morgan fingerprint density at radius 1 is 1.03 bits per heavy atom. The van der Waals surface area contributed by atoms with Gasteiger partial charge in [-0.05, 0) is 25.3 Å². The van der Waals surface area contributed by atoms with Gasteiger partial charge in [-0.3, -0.25) is 9.59 Å². The fraction of sp³-hybridized carbons (Fsp3) is 0.333. The first kappa shape index (κ1) is 25.7. The van der Waals surface area contributed by atoms with Crippen LogP contribution in [0.3, 0.4) is 0 Å². The first-order valence-corrected chi connectivity index (χ1v) is 11.2. The molecule has 2 aromatic carbocycles. The van der Waals surface area contributed by atoms with E-state index in [0.717, 1.165) is 6.07 Å². The number of ketones is 2. The number of halogens is 3. The van der Waals surface area contributed by atoms with Crippen LogP contribution in [0.25, 0.3) is 0 Å². The maximum absolute atomic E-state index is 13.2. The second-order valence-corrected chi connectivity index (χ2v) is 9.34. The van der Waals surface area contributed by atoms with E-state index in [1.165, 1.54) is 24.3 Å². The molecule has 0 saturated heterocycles. The largest absolute Gasteiger partial charge is 1.00 e. The third kappa shape index (κ3) is 4.69. The number of hydrogen-bond donors (Lipinski definition) is 2. The van der Waals surface area contributed by atoms with E-state index in [-0.39, 0.29) is 71.2 Å². The molecule has 0 spiro atoms. The molecule has 0 radical (unpaired) electrons. The van der Waals surface area contributed by atoms with Crippen molar-refractivity contribution < 1.29 is 65.3 Å². The Kier molecular flexibility index (Phi) is 7.03. The Hall–Kier alpha value is -1.92. The van der Waals surface area contributed by atoms with Crippen molar-refractivity contribution in [2.75, 3.05) is 11.1 Å². The van der Waals surface area contributed by atoms with Crippen molar-refractivity contribution in [1.82, 2.24) is 0 Å². The number of carbonyl (C=O) groups excluding carboxylic acids is 2. The summed E-state index contributed by atoms with van der Waals surface area (Å²) in [6.07, 6.45) is -4.12. The van der Waals surface area contributed by atoms with E-state index in [2.05, 4.69) is 5.32 Å². The molecule has 2 unspecified atom stereocenters. The molecule has 7 nitrogen and oxygen atoms in total. The van der Waals surface area contributed by atoms with Gasteiger partial charge in [-0.25, -0.2) is 8.42 Å². The van der Waals surface area contributed by atoms with E-state index >= 15 is 0 Å². The van der Waals surface area contributed by atoms with Crippen LogP contribution in [-0.2, 0) is 10.1 Å². The average molecular weight is 490 g/mol. The maximum atomic E-state index is 13.2. The minimum atomic E-state index is -5.14. The summed E-state index contributed by atoms with van der Waals surface area (Å²) in [6.45, 7) is 0. The van der Waals surface area contributed by atoms with E-state index in [0.29, 0.717) is 6.42 Å². The van der Waals surface area contributed by atoms with E-state index in [9.17, 15) is 35.7 Å². The van der Waals surface area contributed by atoms with Gasteiger partial charge in [-0.15, -0.1) is 0 Å². The summed E-state index contributed by atoms with van der Waals surface area (Å²) < 4.78 is 75.0. The molecule has 4 rings (SSSR count). The van der Waals surface area contributed by atoms with Crippen molar-refractivity contribution in [1.29, 1.82) is 0 Å². The number of hydrogen-bond acceptors (Lipinski definition) is 7. The van der Waals surface area contributed by atoms with Crippen molar-refractivity contribution >= 4 is 33.1 Å². The number of alkyl halides is 3. The van der Waals surface area contributed by atoms with Gasteiger partial charge in [0.25, 0.3) is 0 Å². The van der Waals surface area contributed by atoms with Gasteiger partial charge in [-0.1, -0.05) is 30.7 Å². The second-order valence-electron chi connectivity index (χ2n) is 7.99. The summed E-state index contributed by atoms with van der Waals surface area (Å²) in [4.78, 5) is 25.4. The zero-order valence-corrected chi connectivity index (χ0v) is 20.3. The number of fused-ring (bicyclic) bond motifs is 2. The Morgan fingerprint density at radius 3 is 2.15 bits per heavy atom. The van der Waals surface area contributed by atoms with Gasteiger partial charge in [0.15, 0.2) is 11.6 Å². The van der Waals surface area contributed by atoms with Gasteiger partial charge in [0.05, 0.1) is 27.6 Å². The minimum Gasteiger partial charge on any atom is -0.744 e. The molecule has 33 heavy (non-hydrogen) atoms. The Labute approximate surface area is 210 Å². The Bertz CT molecular complexity index is 1250. The smallest absolute Gasteiger partial charge is 0.744 e. The monoisotopic (exact) mass is 490 g/mol. The molecule has 2 aliphatic carbocycles. The number of nitrogens with two attached hydrogens (primary N) is 1. The summed E-state index contributed by atoms with van der Waals surface area (Å²) in [6, 6.07) is 5.93. The van der Waals surface area contributed by atoms with Gasteiger partial charge < -0.3 is 15.6 Å². The topological polar surface area (TPSA) is 129 Å². The SMILES string of the molecule is Nc1c(S(=O)(=O)[O-])cc(NC2CCCC(C(F)(F)F)C2)c2c1C(=O)c1ccccc1C2=O.[Na+]. The van der Waals surface area contributed by atoms with Gasteiger partial charge in [0, 0.05) is 22.9 Å². The van der Waals surface area contributed by atoms with Crippen LogP contribution in [0.2, 0.25) is 0 Å². The van der Waals surface area contributed by atoms with Crippen LogP contribution in [0.15, 0.2) is 35.2 Å². The van der Waals surface area contributed by atoms with E-state index in [1.54, 1.807) is 0 Å². The number of nitrogen functional groups attached to an aromatic ring is 1. The van der Waals surface area contributed by atoms with Crippen LogP contribution in [-0.4, -0.2) is 36.8 Å². The molecule has 2 atom stereocenters. The van der Waals surface area contributed by atoms with Crippen molar-refractivity contribution in [2.45, 2.75) is 42.8 Å². The van der Waals surface area contributed by atoms with E-state index in [1.807, 2.05) is 0 Å². The molecular weight excluding hydrogens is 472 g/mol. The van der Waals surface area contributed by atoms with Crippen LogP contribution in [0.5, 0.6) is 0 Å². The summed E-state index contributed by atoms with van der Waals surface area (Å²) in [5, 5.41) is 2.80. The van der Waals surface area contributed by atoms with Gasteiger partial charge in [0.1, 0.15) is 10.1 Å². The van der Waals surface area contributed by atoms with Crippen LogP contribution < -0.4 is 40.6 Å². The third-order valence-corrected chi connectivity index (χ3v) is 6.84. The summed E-state index contributed by atoms with van der Waals surface area (Å²) >= 11 is 0. The maximum Gasteiger partial charge on any atom is 1.00 e. The predicted molar refractivity (Wildman–Crippen MR) is 108 cm³/mol. The molecule has 0 bridgehead atoms. The number of carbonyl (C=O) groups is 2. The molecule has 3 N–H and O–H groups in total. The van der Waals surface area contributed by atoms with Crippen molar-refractivity contribution in [3.8, 4) is 0 Å². The molecule has 0 amide bonds. The van der Waals surface area contributed by atoms with Crippen molar-refractivity contribution in [2.24, 2.45) is 5.92 Å². The molecule has 0 aromatic heterocycles. The molecule has 1 fully saturated rings. The first-order chi connectivity index (χ1) is 14.9. The summed E-state index contributed by atoms with van der Waals surface area (Å²) in [7, 11) is -5.14. The average Bonchev–Trinajstić information content (AvgIpc) is 2.71. The first-order valence-electron chi connectivity index (χ1n) is 9.83. The minimum absolute atomic E-state index is 0. The summed E-state index contributed by atoms with van der Waals surface area (Å²) in [5.74, 6) is -2.93. The molecule has 2 aliphatic rings. The quantitative estimate of drug-likeness (QED) is 0.311. The van der Waals surface area contributed by atoms with E-state index < -0.39 is 56.0 Å². The van der Waals surface area contributed by atoms with E-state index in [4.69, 9.17) is 5.73 Å². The fourth-order valence-corrected chi connectivity index (χ4v) is 5.09. The van der Waals surface area contributed by atoms with Crippen LogP contribution in [0, 0.1) is 5.92 Å². The third-order valence-electron chi connectivity index (χ3n) is 5.97. The summed E-state index contributed by atoms with van der Waals surface area (Å²) in [5.41, 5.74) is 4.39. The molecular formula is C21H18F3N2NaO5S. The Morgan fingerprint density at radius 2 is 1.61 bits per heavy atom. The molecule has 170 valence electrons. The number of rotatable bonds is 3. The van der Waals surface area contributed by atoms with Crippen molar-refractivity contribution in [3.63, 3.8) is 0 Å². The Balaban J connectivity index is 0.00000306. The number of anilines is 2. The van der Waals surface area contributed by atoms with Gasteiger partial charge in [-0.2, -0.15) is 13.2 Å². The molecule has 0 heterocycles. The molecule has 0 aliphatic heterocycles.